The highest BCUT2D eigenvalue weighted by atomic mass is 35.5. The first-order chi connectivity index (χ1) is 6.95. The summed E-state index contributed by atoms with van der Waals surface area (Å²) in [6.07, 6.45) is -4.43. The standard InChI is InChI=1S/C9H8Cl2F3N/c10-3-4-15-6-1-2-8(11)7(5-6)9(12,13)14/h1-2,5,15H,3-4H2. The van der Waals surface area contributed by atoms with Crippen molar-refractivity contribution in [2.24, 2.45) is 0 Å². The predicted octanol–water partition coefficient (Wildman–Crippen LogP) is 4.01. The van der Waals surface area contributed by atoms with Crippen LogP contribution in [0.15, 0.2) is 18.2 Å². The van der Waals surface area contributed by atoms with Crippen LogP contribution in [0.5, 0.6) is 0 Å². The Balaban J connectivity index is 2.95. The minimum Gasteiger partial charge on any atom is -0.384 e. The highest BCUT2D eigenvalue weighted by Crippen LogP contribution is 2.36. The summed E-state index contributed by atoms with van der Waals surface area (Å²) >= 11 is 10.8. The summed E-state index contributed by atoms with van der Waals surface area (Å²) in [7, 11) is 0. The number of hydrogen-bond donors (Lipinski definition) is 1. The summed E-state index contributed by atoms with van der Waals surface area (Å²) in [6, 6.07) is 3.65. The zero-order chi connectivity index (χ0) is 11.5. The topological polar surface area (TPSA) is 12.0 Å². The van der Waals surface area contributed by atoms with Gasteiger partial charge in [-0.25, -0.2) is 0 Å². The number of benzene rings is 1. The molecule has 84 valence electrons. The molecular weight excluding hydrogens is 250 g/mol. The van der Waals surface area contributed by atoms with Crippen LogP contribution in [-0.4, -0.2) is 12.4 Å². The van der Waals surface area contributed by atoms with E-state index in [0.29, 0.717) is 18.1 Å². The quantitative estimate of drug-likeness (QED) is 0.807. The van der Waals surface area contributed by atoms with E-state index in [1.165, 1.54) is 12.1 Å². The Morgan fingerprint density at radius 3 is 2.47 bits per heavy atom. The maximum absolute atomic E-state index is 12.4. The molecule has 0 aromatic heterocycles. The lowest BCUT2D eigenvalue weighted by molar-refractivity contribution is -0.137. The molecule has 15 heavy (non-hydrogen) atoms. The molecule has 0 radical (unpaired) electrons. The van der Waals surface area contributed by atoms with Crippen LogP contribution in [0.3, 0.4) is 0 Å². The number of halogens is 5. The van der Waals surface area contributed by atoms with Crippen LogP contribution in [0.1, 0.15) is 5.56 Å². The second-order valence-corrected chi connectivity index (χ2v) is 3.59. The SMILES string of the molecule is FC(F)(F)c1cc(NCCCl)ccc1Cl. The fraction of sp³-hybridized carbons (Fsp3) is 0.333. The van der Waals surface area contributed by atoms with E-state index in [2.05, 4.69) is 5.32 Å². The fourth-order valence-electron chi connectivity index (χ4n) is 1.04. The van der Waals surface area contributed by atoms with Crippen LogP contribution in [0.25, 0.3) is 0 Å². The van der Waals surface area contributed by atoms with Gasteiger partial charge in [-0.3, -0.25) is 0 Å². The Hall–Kier alpha value is -0.610. The number of nitrogens with one attached hydrogen (secondary N) is 1. The van der Waals surface area contributed by atoms with Crippen LogP contribution in [0.4, 0.5) is 18.9 Å². The van der Waals surface area contributed by atoms with Crippen LogP contribution >= 0.6 is 23.2 Å². The third kappa shape index (κ3) is 3.47. The summed E-state index contributed by atoms with van der Waals surface area (Å²) in [4.78, 5) is 0. The van der Waals surface area contributed by atoms with E-state index in [1.54, 1.807) is 0 Å². The lowest BCUT2D eigenvalue weighted by Gasteiger charge is -2.11. The molecule has 1 nitrogen and oxygen atoms in total. The lowest BCUT2D eigenvalue weighted by atomic mass is 10.2. The van der Waals surface area contributed by atoms with E-state index in [9.17, 15) is 13.2 Å². The Morgan fingerprint density at radius 1 is 1.27 bits per heavy atom. The lowest BCUT2D eigenvalue weighted by Crippen LogP contribution is -2.08. The van der Waals surface area contributed by atoms with Crippen LogP contribution in [-0.2, 0) is 6.18 Å². The molecule has 0 atom stereocenters. The summed E-state index contributed by atoms with van der Waals surface area (Å²) in [5.41, 5.74) is -0.490. The van der Waals surface area contributed by atoms with Crippen molar-refractivity contribution >= 4 is 28.9 Å². The molecular formula is C9H8Cl2F3N. The molecule has 1 aromatic rings. The van der Waals surface area contributed by atoms with Crippen LogP contribution < -0.4 is 5.32 Å². The van der Waals surface area contributed by atoms with Gasteiger partial charge in [0.15, 0.2) is 0 Å². The highest BCUT2D eigenvalue weighted by Gasteiger charge is 2.33. The molecule has 1 aromatic carbocycles. The maximum atomic E-state index is 12.4. The molecule has 1 rings (SSSR count). The Morgan fingerprint density at radius 2 is 1.93 bits per heavy atom. The first-order valence-corrected chi connectivity index (χ1v) is 5.03. The molecule has 0 amide bonds. The molecule has 1 N–H and O–H groups in total. The minimum atomic E-state index is -4.43. The van der Waals surface area contributed by atoms with Gasteiger partial charge >= 0.3 is 6.18 Å². The van der Waals surface area contributed by atoms with E-state index in [4.69, 9.17) is 23.2 Å². The minimum absolute atomic E-state index is 0.307. The fourth-order valence-corrected chi connectivity index (χ4v) is 1.36. The molecule has 0 aliphatic rings. The van der Waals surface area contributed by atoms with Crippen LogP contribution in [0, 0.1) is 0 Å². The smallest absolute Gasteiger partial charge is 0.384 e. The van der Waals surface area contributed by atoms with Crippen molar-refractivity contribution in [1.82, 2.24) is 0 Å². The van der Waals surface area contributed by atoms with E-state index in [-0.39, 0.29) is 5.02 Å². The van der Waals surface area contributed by atoms with Gasteiger partial charge in [0, 0.05) is 18.1 Å². The third-order valence-electron chi connectivity index (χ3n) is 1.70. The molecule has 0 spiro atoms. The second kappa shape index (κ2) is 4.94. The van der Waals surface area contributed by atoms with Gasteiger partial charge in [-0.05, 0) is 18.2 Å². The van der Waals surface area contributed by atoms with Gasteiger partial charge in [0.25, 0.3) is 0 Å². The van der Waals surface area contributed by atoms with Crippen molar-refractivity contribution in [2.75, 3.05) is 17.7 Å². The van der Waals surface area contributed by atoms with Gasteiger partial charge < -0.3 is 5.32 Å². The first kappa shape index (κ1) is 12.5. The molecule has 0 saturated heterocycles. The molecule has 6 heteroatoms. The van der Waals surface area contributed by atoms with Crippen molar-refractivity contribution in [3.05, 3.63) is 28.8 Å². The van der Waals surface area contributed by atoms with E-state index in [1.807, 2.05) is 0 Å². The van der Waals surface area contributed by atoms with Crippen molar-refractivity contribution in [3.8, 4) is 0 Å². The van der Waals surface area contributed by atoms with Gasteiger partial charge in [-0.1, -0.05) is 11.6 Å². The average Bonchev–Trinajstić information content (AvgIpc) is 2.15. The largest absolute Gasteiger partial charge is 0.417 e. The van der Waals surface area contributed by atoms with Crippen molar-refractivity contribution in [1.29, 1.82) is 0 Å². The molecule has 0 saturated carbocycles. The second-order valence-electron chi connectivity index (χ2n) is 2.81. The van der Waals surface area contributed by atoms with E-state index in [0.717, 1.165) is 6.07 Å². The number of hydrogen-bond acceptors (Lipinski definition) is 1. The molecule has 0 unspecified atom stereocenters. The third-order valence-corrected chi connectivity index (χ3v) is 2.21. The molecule has 0 bridgehead atoms. The molecule has 0 heterocycles. The van der Waals surface area contributed by atoms with Gasteiger partial charge in [0.2, 0.25) is 0 Å². The monoisotopic (exact) mass is 257 g/mol. The van der Waals surface area contributed by atoms with Gasteiger partial charge in [-0.15, -0.1) is 11.6 Å². The number of anilines is 1. The van der Waals surface area contributed by atoms with E-state index >= 15 is 0 Å². The van der Waals surface area contributed by atoms with Crippen LogP contribution in [0.2, 0.25) is 5.02 Å². The van der Waals surface area contributed by atoms with Gasteiger partial charge in [-0.2, -0.15) is 13.2 Å². The summed E-state index contributed by atoms with van der Waals surface area (Å²) in [5, 5.41) is 2.44. The van der Waals surface area contributed by atoms with Crippen molar-refractivity contribution in [3.63, 3.8) is 0 Å². The van der Waals surface area contributed by atoms with E-state index < -0.39 is 11.7 Å². The highest BCUT2D eigenvalue weighted by molar-refractivity contribution is 6.31. The molecule has 0 aliphatic carbocycles. The van der Waals surface area contributed by atoms with Gasteiger partial charge in [0.1, 0.15) is 0 Å². The maximum Gasteiger partial charge on any atom is 0.417 e. The van der Waals surface area contributed by atoms with Crippen molar-refractivity contribution < 1.29 is 13.2 Å². The predicted molar refractivity (Wildman–Crippen MR) is 55.7 cm³/mol. The molecule has 0 aliphatic heterocycles. The average molecular weight is 258 g/mol. The zero-order valence-corrected chi connectivity index (χ0v) is 9.05. The summed E-state index contributed by atoms with van der Waals surface area (Å²) in [6.45, 7) is 0.403. The number of rotatable bonds is 3. The van der Waals surface area contributed by atoms with Gasteiger partial charge in [0.05, 0.1) is 10.6 Å². The Kier molecular flexibility index (Phi) is 4.11. The number of alkyl halides is 4. The Bertz CT molecular complexity index is 339. The molecule has 0 fully saturated rings. The summed E-state index contributed by atoms with van der Waals surface area (Å²) in [5.74, 6) is 0.323. The Labute approximate surface area is 95.2 Å². The summed E-state index contributed by atoms with van der Waals surface area (Å²) < 4.78 is 37.2. The van der Waals surface area contributed by atoms with Crippen molar-refractivity contribution in [2.45, 2.75) is 6.18 Å². The first-order valence-electron chi connectivity index (χ1n) is 4.11. The normalized spacial score (nSPS) is 11.5. The zero-order valence-electron chi connectivity index (χ0n) is 7.54.